The van der Waals surface area contributed by atoms with Crippen LogP contribution in [0.5, 0.6) is 0 Å². The Morgan fingerprint density at radius 1 is 1.50 bits per heavy atom. The van der Waals surface area contributed by atoms with Crippen molar-refractivity contribution >= 4 is 0 Å². The van der Waals surface area contributed by atoms with Crippen LogP contribution < -0.4 is 5.32 Å². The Hall–Kier alpha value is -1.40. The van der Waals surface area contributed by atoms with Crippen LogP contribution in [0.1, 0.15) is 17.4 Å². The van der Waals surface area contributed by atoms with Gasteiger partial charge >= 0.3 is 0 Å². The van der Waals surface area contributed by atoms with Crippen molar-refractivity contribution in [3.8, 4) is 12.3 Å². The summed E-state index contributed by atoms with van der Waals surface area (Å²) in [6.07, 6.45) is 8.67. The molecule has 0 bridgehead atoms. The second kappa shape index (κ2) is 3.84. The van der Waals surface area contributed by atoms with E-state index in [1.54, 1.807) is 19.4 Å². The summed E-state index contributed by atoms with van der Waals surface area (Å²) in [6, 6.07) is -0.141. The van der Waals surface area contributed by atoms with Crippen LogP contribution in [-0.2, 0) is 0 Å². The van der Waals surface area contributed by atoms with Crippen LogP contribution in [0.3, 0.4) is 0 Å². The van der Waals surface area contributed by atoms with Crippen molar-refractivity contribution in [2.75, 3.05) is 7.05 Å². The van der Waals surface area contributed by atoms with E-state index in [2.05, 4.69) is 21.2 Å². The Kier molecular flexibility index (Phi) is 2.78. The van der Waals surface area contributed by atoms with Gasteiger partial charge in [0, 0.05) is 6.20 Å². The van der Waals surface area contributed by atoms with Gasteiger partial charge < -0.3 is 5.32 Å². The highest BCUT2D eigenvalue weighted by Crippen LogP contribution is 2.05. The first-order valence-corrected chi connectivity index (χ1v) is 3.70. The van der Waals surface area contributed by atoms with Gasteiger partial charge in [-0.2, -0.15) is 0 Å². The van der Waals surface area contributed by atoms with E-state index in [-0.39, 0.29) is 6.04 Å². The summed E-state index contributed by atoms with van der Waals surface area (Å²) >= 11 is 0. The predicted octanol–water partition coefficient (Wildman–Crippen LogP) is 0.679. The first-order valence-electron chi connectivity index (χ1n) is 3.70. The monoisotopic (exact) mass is 161 g/mol. The fourth-order valence-corrected chi connectivity index (χ4v) is 0.868. The molecule has 0 aliphatic carbocycles. The zero-order valence-electron chi connectivity index (χ0n) is 7.20. The number of hydrogen-bond donors (Lipinski definition) is 1. The zero-order chi connectivity index (χ0) is 8.97. The van der Waals surface area contributed by atoms with Gasteiger partial charge in [-0.3, -0.25) is 9.97 Å². The maximum absolute atomic E-state index is 5.27. The Bertz CT molecular complexity index is 284. The van der Waals surface area contributed by atoms with Crippen LogP contribution >= 0.6 is 0 Å². The molecule has 0 spiro atoms. The molecule has 1 aromatic rings. The summed E-state index contributed by atoms with van der Waals surface area (Å²) < 4.78 is 0. The first-order chi connectivity index (χ1) is 5.77. The molecule has 62 valence electrons. The minimum absolute atomic E-state index is 0.141. The normalized spacial score (nSPS) is 12.1. The van der Waals surface area contributed by atoms with E-state index in [0.717, 1.165) is 11.4 Å². The molecule has 0 aliphatic rings. The Balaban J connectivity index is 2.89. The Morgan fingerprint density at radius 2 is 2.25 bits per heavy atom. The van der Waals surface area contributed by atoms with Crippen molar-refractivity contribution in [3.05, 3.63) is 23.8 Å². The standard InChI is InChI=1S/C9H11N3/c1-4-8(10-3)9-6-11-7(2)5-12-9/h1,5-6,8,10H,2-3H3. The van der Waals surface area contributed by atoms with Gasteiger partial charge in [0.25, 0.3) is 0 Å². The topological polar surface area (TPSA) is 37.8 Å². The summed E-state index contributed by atoms with van der Waals surface area (Å²) in [5, 5.41) is 2.95. The van der Waals surface area contributed by atoms with Crippen LogP contribution in [0.4, 0.5) is 0 Å². The molecule has 0 aromatic carbocycles. The Morgan fingerprint density at radius 3 is 2.67 bits per heavy atom. The third-order valence-electron chi connectivity index (χ3n) is 1.55. The molecule has 1 rings (SSSR count). The highest BCUT2D eigenvalue weighted by atomic mass is 14.9. The minimum Gasteiger partial charge on any atom is -0.302 e. The SMILES string of the molecule is C#CC(NC)c1cnc(C)cn1. The lowest BCUT2D eigenvalue weighted by atomic mass is 10.2. The first kappa shape index (κ1) is 8.69. The molecular weight excluding hydrogens is 150 g/mol. The van der Waals surface area contributed by atoms with E-state index in [1.807, 2.05) is 6.92 Å². The van der Waals surface area contributed by atoms with Crippen molar-refractivity contribution in [2.24, 2.45) is 0 Å². The van der Waals surface area contributed by atoms with Crippen molar-refractivity contribution in [2.45, 2.75) is 13.0 Å². The second-order valence-electron chi connectivity index (χ2n) is 2.47. The van der Waals surface area contributed by atoms with Crippen molar-refractivity contribution in [1.29, 1.82) is 0 Å². The van der Waals surface area contributed by atoms with E-state index in [1.165, 1.54) is 0 Å². The molecule has 1 N–H and O–H groups in total. The largest absolute Gasteiger partial charge is 0.302 e. The molecule has 1 aromatic heterocycles. The highest BCUT2D eigenvalue weighted by Gasteiger charge is 2.05. The van der Waals surface area contributed by atoms with Gasteiger partial charge in [0.15, 0.2) is 0 Å². The van der Waals surface area contributed by atoms with Gasteiger partial charge in [-0.05, 0) is 14.0 Å². The quantitative estimate of drug-likeness (QED) is 0.648. The zero-order valence-corrected chi connectivity index (χ0v) is 7.20. The van der Waals surface area contributed by atoms with E-state index >= 15 is 0 Å². The summed E-state index contributed by atoms with van der Waals surface area (Å²) in [7, 11) is 1.80. The molecule has 1 atom stereocenters. The molecule has 12 heavy (non-hydrogen) atoms. The highest BCUT2D eigenvalue weighted by molar-refractivity contribution is 5.15. The van der Waals surface area contributed by atoms with E-state index < -0.39 is 0 Å². The number of aromatic nitrogens is 2. The average Bonchev–Trinajstić information content (AvgIpc) is 2.10. The molecule has 0 saturated carbocycles. The van der Waals surface area contributed by atoms with Gasteiger partial charge in [0.2, 0.25) is 0 Å². The number of nitrogens with one attached hydrogen (secondary N) is 1. The fourth-order valence-electron chi connectivity index (χ4n) is 0.868. The predicted molar refractivity (Wildman–Crippen MR) is 47.4 cm³/mol. The third-order valence-corrected chi connectivity index (χ3v) is 1.55. The molecule has 0 fully saturated rings. The second-order valence-corrected chi connectivity index (χ2v) is 2.47. The summed E-state index contributed by atoms with van der Waals surface area (Å²) in [4.78, 5) is 8.25. The van der Waals surface area contributed by atoms with Crippen LogP contribution in [-0.4, -0.2) is 17.0 Å². The van der Waals surface area contributed by atoms with Crippen molar-refractivity contribution in [1.82, 2.24) is 15.3 Å². The molecule has 1 unspecified atom stereocenters. The molecule has 1 heterocycles. The van der Waals surface area contributed by atoms with Crippen LogP contribution in [0.2, 0.25) is 0 Å². The van der Waals surface area contributed by atoms with Crippen LogP contribution in [0.15, 0.2) is 12.4 Å². The van der Waals surface area contributed by atoms with Gasteiger partial charge in [0.05, 0.1) is 17.6 Å². The minimum atomic E-state index is -0.141. The molecule has 0 amide bonds. The molecule has 0 aliphatic heterocycles. The summed E-state index contributed by atoms with van der Waals surface area (Å²) in [5.74, 6) is 2.57. The van der Waals surface area contributed by atoms with Gasteiger partial charge in [-0.15, -0.1) is 6.42 Å². The average molecular weight is 161 g/mol. The van der Waals surface area contributed by atoms with Crippen molar-refractivity contribution < 1.29 is 0 Å². The number of aryl methyl sites for hydroxylation is 1. The molecule has 3 heteroatoms. The van der Waals surface area contributed by atoms with Crippen molar-refractivity contribution in [3.63, 3.8) is 0 Å². The van der Waals surface area contributed by atoms with E-state index in [4.69, 9.17) is 6.42 Å². The van der Waals surface area contributed by atoms with Gasteiger partial charge in [-0.25, -0.2) is 0 Å². The summed E-state index contributed by atoms with van der Waals surface area (Å²) in [6.45, 7) is 1.89. The number of rotatable bonds is 2. The van der Waals surface area contributed by atoms with Gasteiger partial charge in [0.1, 0.15) is 6.04 Å². The van der Waals surface area contributed by atoms with Gasteiger partial charge in [-0.1, -0.05) is 5.92 Å². The van der Waals surface area contributed by atoms with Crippen LogP contribution in [0, 0.1) is 19.3 Å². The maximum atomic E-state index is 5.27. The number of terminal acetylenes is 1. The smallest absolute Gasteiger partial charge is 0.113 e. The lowest BCUT2D eigenvalue weighted by molar-refractivity contribution is 0.706. The lowest BCUT2D eigenvalue weighted by Gasteiger charge is -2.07. The maximum Gasteiger partial charge on any atom is 0.113 e. The molecule has 3 nitrogen and oxygen atoms in total. The fraction of sp³-hybridized carbons (Fsp3) is 0.333. The van der Waals surface area contributed by atoms with Crippen LogP contribution in [0.25, 0.3) is 0 Å². The lowest BCUT2D eigenvalue weighted by Crippen LogP contribution is -2.15. The molecular formula is C9H11N3. The number of nitrogens with zero attached hydrogens (tertiary/aromatic N) is 2. The van der Waals surface area contributed by atoms with E-state index in [0.29, 0.717) is 0 Å². The molecule has 0 radical (unpaired) electrons. The van der Waals surface area contributed by atoms with E-state index in [9.17, 15) is 0 Å². The third kappa shape index (κ3) is 1.80. The number of hydrogen-bond acceptors (Lipinski definition) is 3. The Labute approximate surface area is 72.2 Å². The summed E-state index contributed by atoms with van der Waals surface area (Å²) in [5.41, 5.74) is 1.68. The molecule has 0 saturated heterocycles.